The Morgan fingerprint density at radius 1 is 0.781 bits per heavy atom. The smallest absolute Gasteiger partial charge is 0.230 e. The number of methoxy groups -OCH3 is 1. The zero-order valence-electron chi connectivity index (χ0n) is 19.5. The number of hydrogen-bond donors (Lipinski definition) is 0. The summed E-state index contributed by atoms with van der Waals surface area (Å²) in [6.07, 6.45) is 0. The maximum absolute atomic E-state index is 14.6. The second-order valence-electron chi connectivity index (χ2n) is 9.35. The monoisotopic (exact) mass is 462 g/mol. The quantitative estimate of drug-likeness (QED) is 0.211. The minimum Gasteiger partial charge on any atom is -0.496 e. The molecule has 32 heavy (non-hydrogen) atoms. The Labute approximate surface area is 191 Å². The summed E-state index contributed by atoms with van der Waals surface area (Å²) in [5, 5.41) is 5.18. The van der Waals surface area contributed by atoms with Gasteiger partial charge in [-0.1, -0.05) is 80.3 Å². The molecule has 4 aromatic rings. The molecule has 1 atom stereocenters. The highest BCUT2D eigenvalue weighted by Gasteiger charge is 2.36. The van der Waals surface area contributed by atoms with Crippen LogP contribution in [-0.2, 0) is 9.09 Å². The standard InChI is InChI=1S/C27H31O3PSi/c1-6-30-31(28,19-32(3,4)5)25-18-16-21-12-8-10-14-23(21)27(25)26-22-13-9-7-11-20(22)15-17-24(26)29-2/h7-18H,6,19H2,1-5H3. The van der Waals surface area contributed by atoms with Crippen molar-refractivity contribution >= 4 is 42.3 Å². The van der Waals surface area contributed by atoms with Gasteiger partial charge in [-0.05, 0) is 40.6 Å². The molecule has 0 radical (unpaired) electrons. The third-order valence-electron chi connectivity index (χ3n) is 5.65. The summed E-state index contributed by atoms with van der Waals surface area (Å²) in [5.74, 6) is 1.38. The average Bonchev–Trinajstić information content (AvgIpc) is 2.76. The van der Waals surface area contributed by atoms with Crippen LogP contribution >= 0.6 is 7.37 Å². The van der Waals surface area contributed by atoms with Crippen LogP contribution in [0.25, 0.3) is 32.7 Å². The molecule has 3 nitrogen and oxygen atoms in total. The summed E-state index contributed by atoms with van der Waals surface area (Å²) in [7, 11) is -3.10. The van der Waals surface area contributed by atoms with Crippen LogP contribution in [0.2, 0.25) is 19.6 Å². The van der Waals surface area contributed by atoms with Crippen molar-refractivity contribution < 1.29 is 13.8 Å². The lowest BCUT2D eigenvalue weighted by Crippen LogP contribution is -2.30. The molecule has 0 aromatic heterocycles. The van der Waals surface area contributed by atoms with E-state index >= 15 is 0 Å². The van der Waals surface area contributed by atoms with Gasteiger partial charge in [-0.2, -0.15) is 0 Å². The molecule has 0 aliphatic carbocycles. The van der Waals surface area contributed by atoms with E-state index in [2.05, 4.69) is 56.0 Å². The molecule has 0 aliphatic rings. The largest absolute Gasteiger partial charge is 0.496 e. The fourth-order valence-corrected chi connectivity index (χ4v) is 12.0. The first-order valence-corrected chi connectivity index (χ1v) is 16.6. The second kappa shape index (κ2) is 8.86. The van der Waals surface area contributed by atoms with Crippen LogP contribution in [0.4, 0.5) is 0 Å². The van der Waals surface area contributed by atoms with Crippen molar-refractivity contribution in [3.8, 4) is 16.9 Å². The number of benzene rings is 4. The Bertz CT molecular complexity index is 1320. The summed E-state index contributed by atoms with van der Waals surface area (Å²) in [6.45, 7) is 9.09. The summed E-state index contributed by atoms with van der Waals surface area (Å²) in [4.78, 5) is 0. The van der Waals surface area contributed by atoms with Crippen LogP contribution in [0.3, 0.4) is 0 Å². The fourth-order valence-electron chi connectivity index (χ4n) is 4.52. The highest BCUT2D eigenvalue weighted by atomic mass is 31.2. The molecule has 0 bridgehead atoms. The molecule has 0 saturated carbocycles. The van der Waals surface area contributed by atoms with Gasteiger partial charge in [-0.15, -0.1) is 0 Å². The molecule has 0 N–H and O–H groups in total. The summed E-state index contributed by atoms with van der Waals surface area (Å²) in [6, 6.07) is 24.8. The lowest BCUT2D eigenvalue weighted by Gasteiger charge is -2.28. The number of rotatable bonds is 7. The minimum atomic E-state index is -3.10. The van der Waals surface area contributed by atoms with Gasteiger partial charge < -0.3 is 9.26 Å². The Morgan fingerprint density at radius 3 is 1.91 bits per heavy atom. The molecule has 0 heterocycles. The van der Waals surface area contributed by atoms with Crippen molar-refractivity contribution in [1.29, 1.82) is 0 Å². The third-order valence-corrected chi connectivity index (χ3v) is 12.9. The average molecular weight is 463 g/mol. The molecule has 0 spiro atoms. The predicted molar refractivity (Wildman–Crippen MR) is 141 cm³/mol. The van der Waals surface area contributed by atoms with Crippen LogP contribution in [0.5, 0.6) is 5.75 Å². The van der Waals surface area contributed by atoms with E-state index in [1.165, 1.54) is 0 Å². The van der Waals surface area contributed by atoms with Crippen LogP contribution in [0.15, 0.2) is 72.8 Å². The Morgan fingerprint density at radius 2 is 1.34 bits per heavy atom. The lowest BCUT2D eigenvalue weighted by molar-refractivity contribution is 0.343. The first-order valence-electron chi connectivity index (χ1n) is 11.1. The van der Waals surface area contributed by atoms with E-state index in [1.54, 1.807) is 7.11 Å². The van der Waals surface area contributed by atoms with E-state index < -0.39 is 15.4 Å². The molecule has 4 aromatic carbocycles. The van der Waals surface area contributed by atoms with Crippen molar-refractivity contribution in [3.63, 3.8) is 0 Å². The maximum atomic E-state index is 14.6. The molecule has 166 valence electrons. The van der Waals surface area contributed by atoms with Crippen molar-refractivity contribution in [2.75, 3.05) is 19.5 Å². The van der Waals surface area contributed by atoms with Gasteiger partial charge in [-0.3, -0.25) is 4.57 Å². The second-order valence-corrected chi connectivity index (χ2v) is 17.8. The number of fused-ring (bicyclic) bond motifs is 2. The molecule has 0 saturated heterocycles. The highest BCUT2D eigenvalue weighted by molar-refractivity contribution is 7.69. The zero-order chi connectivity index (χ0) is 22.9. The van der Waals surface area contributed by atoms with Crippen molar-refractivity contribution in [2.45, 2.75) is 26.6 Å². The van der Waals surface area contributed by atoms with E-state index in [1.807, 2.05) is 43.3 Å². The zero-order valence-corrected chi connectivity index (χ0v) is 21.4. The van der Waals surface area contributed by atoms with E-state index in [0.717, 1.165) is 43.7 Å². The van der Waals surface area contributed by atoms with Crippen LogP contribution in [-0.4, -0.2) is 27.6 Å². The molecule has 0 aliphatic heterocycles. The normalized spacial score (nSPS) is 13.9. The van der Waals surface area contributed by atoms with Crippen LogP contribution < -0.4 is 10.0 Å². The van der Waals surface area contributed by atoms with Gasteiger partial charge in [0, 0.05) is 22.2 Å². The van der Waals surface area contributed by atoms with Crippen LogP contribution in [0.1, 0.15) is 6.92 Å². The molecule has 4 rings (SSSR count). The maximum Gasteiger partial charge on any atom is 0.230 e. The number of ether oxygens (including phenoxy) is 1. The highest BCUT2D eigenvalue weighted by Crippen LogP contribution is 2.53. The van der Waals surface area contributed by atoms with Gasteiger partial charge >= 0.3 is 0 Å². The van der Waals surface area contributed by atoms with E-state index in [4.69, 9.17) is 9.26 Å². The topological polar surface area (TPSA) is 35.5 Å². The minimum absolute atomic E-state index is 0.417. The van der Waals surface area contributed by atoms with Gasteiger partial charge in [0.2, 0.25) is 7.37 Å². The van der Waals surface area contributed by atoms with Crippen molar-refractivity contribution in [1.82, 2.24) is 0 Å². The molecular weight excluding hydrogens is 431 g/mol. The Kier molecular flexibility index (Phi) is 6.31. The van der Waals surface area contributed by atoms with Gasteiger partial charge in [0.15, 0.2) is 0 Å². The van der Waals surface area contributed by atoms with Gasteiger partial charge in [0.25, 0.3) is 0 Å². The molecule has 1 unspecified atom stereocenters. The van der Waals surface area contributed by atoms with E-state index in [-0.39, 0.29) is 0 Å². The summed E-state index contributed by atoms with van der Waals surface area (Å²) >= 11 is 0. The van der Waals surface area contributed by atoms with Gasteiger partial charge in [0.1, 0.15) is 5.75 Å². The van der Waals surface area contributed by atoms with Gasteiger partial charge in [0.05, 0.1) is 21.8 Å². The number of hydrogen-bond acceptors (Lipinski definition) is 3. The fraction of sp³-hybridized carbons (Fsp3) is 0.259. The Balaban J connectivity index is 2.17. The first kappa shape index (κ1) is 22.8. The SMILES string of the molecule is CCOP(=O)(C[Si](C)(C)C)c1ccc2ccccc2c1-c1c(OC)ccc2ccccc12. The van der Waals surface area contributed by atoms with Crippen LogP contribution in [0, 0.1) is 0 Å². The van der Waals surface area contributed by atoms with E-state index in [9.17, 15) is 4.57 Å². The predicted octanol–water partition coefficient (Wildman–Crippen LogP) is 7.49. The van der Waals surface area contributed by atoms with Crippen molar-refractivity contribution in [3.05, 3.63) is 72.8 Å². The molecule has 0 amide bonds. The molecular formula is C27H31O3PSi. The van der Waals surface area contributed by atoms with E-state index in [0.29, 0.717) is 12.4 Å². The summed E-state index contributed by atoms with van der Waals surface area (Å²) < 4.78 is 26.6. The molecule has 0 fully saturated rings. The Hall–Kier alpha value is -2.39. The van der Waals surface area contributed by atoms with Gasteiger partial charge in [-0.25, -0.2) is 0 Å². The summed E-state index contributed by atoms with van der Waals surface area (Å²) in [5.41, 5.74) is 1.94. The third kappa shape index (κ3) is 4.28. The van der Waals surface area contributed by atoms with Crippen molar-refractivity contribution in [2.24, 2.45) is 0 Å². The molecule has 5 heteroatoms. The lowest BCUT2D eigenvalue weighted by atomic mass is 9.93. The first-order chi connectivity index (χ1) is 15.3.